The summed E-state index contributed by atoms with van der Waals surface area (Å²) >= 11 is 0. The minimum absolute atomic E-state index is 0.467. The molecular weight excluding hydrogens is 230 g/mol. The zero-order valence-corrected chi connectivity index (χ0v) is 13.3. The number of unbranched alkanes of at least 4 members (excludes halogenated alkanes) is 5. The SMILES string of the molecule is CCCCCCCCNC(C)c1cc(C)cc(C)c1. The molecular formula is C18H31N. The molecule has 0 aliphatic rings. The first-order chi connectivity index (χ1) is 9.13. The van der Waals surface area contributed by atoms with E-state index in [1.807, 2.05) is 0 Å². The molecule has 0 radical (unpaired) electrons. The van der Waals surface area contributed by atoms with Gasteiger partial charge in [-0.1, -0.05) is 68.4 Å². The van der Waals surface area contributed by atoms with Gasteiger partial charge in [-0.2, -0.15) is 0 Å². The van der Waals surface area contributed by atoms with Crippen molar-refractivity contribution < 1.29 is 0 Å². The number of hydrogen-bond acceptors (Lipinski definition) is 1. The average Bonchev–Trinajstić information content (AvgIpc) is 2.36. The quantitative estimate of drug-likeness (QED) is 0.594. The van der Waals surface area contributed by atoms with Gasteiger partial charge in [-0.05, 0) is 39.3 Å². The third-order valence-electron chi connectivity index (χ3n) is 3.72. The fourth-order valence-corrected chi connectivity index (χ4v) is 2.60. The summed E-state index contributed by atoms with van der Waals surface area (Å²) in [5.41, 5.74) is 4.15. The lowest BCUT2D eigenvalue weighted by Gasteiger charge is -2.15. The van der Waals surface area contributed by atoms with Crippen molar-refractivity contribution in [2.24, 2.45) is 0 Å². The zero-order chi connectivity index (χ0) is 14.1. The molecule has 1 atom stereocenters. The lowest BCUT2D eigenvalue weighted by Crippen LogP contribution is -2.20. The second-order valence-corrected chi connectivity index (χ2v) is 5.86. The maximum Gasteiger partial charge on any atom is 0.0291 e. The van der Waals surface area contributed by atoms with Crippen molar-refractivity contribution in [2.75, 3.05) is 6.54 Å². The minimum Gasteiger partial charge on any atom is -0.310 e. The molecule has 19 heavy (non-hydrogen) atoms. The Morgan fingerprint density at radius 2 is 1.47 bits per heavy atom. The van der Waals surface area contributed by atoms with Crippen molar-refractivity contribution in [1.29, 1.82) is 0 Å². The van der Waals surface area contributed by atoms with E-state index in [0.29, 0.717) is 6.04 Å². The molecule has 1 rings (SSSR count). The summed E-state index contributed by atoms with van der Waals surface area (Å²) in [6.45, 7) is 10.0. The molecule has 1 heteroatoms. The highest BCUT2D eigenvalue weighted by Crippen LogP contribution is 2.16. The van der Waals surface area contributed by atoms with Crippen LogP contribution >= 0.6 is 0 Å². The molecule has 1 unspecified atom stereocenters. The second-order valence-electron chi connectivity index (χ2n) is 5.86. The standard InChI is InChI=1S/C18H31N/c1-5-6-7-8-9-10-11-19-17(4)18-13-15(2)12-16(3)14-18/h12-14,17,19H,5-11H2,1-4H3. The molecule has 0 aromatic heterocycles. The van der Waals surface area contributed by atoms with Gasteiger partial charge in [0.25, 0.3) is 0 Å². The molecule has 0 fully saturated rings. The van der Waals surface area contributed by atoms with Crippen LogP contribution in [0.3, 0.4) is 0 Å². The summed E-state index contributed by atoms with van der Waals surface area (Å²) in [4.78, 5) is 0. The fourth-order valence-electron chi connectivity index (χ4n) is 2.60. The molecule has 0 spiro atoms. The van der Waals surface area contributed by atoms with Crippen LogP contribution in [0.2, 0.25) is 0 Å². The maximum atomic E-state index is 3.64. The third kappa shape index (κ3) is 6.77. The molecule has 0 heterocycles. The topological polar surface area (TPSA) is 12.0 Å². The smallest absolute Gasteiger partial charge is 0.0291 e. The van der Waals surface area contributed by atoms with Gasteiger partial charge in [0.1, 0.15) is 0 Å². The Kier molecular flexibility index (Phi) is 7.81. The lowest BCUT2D eigenvalue weighted by atomic mass is 10.0. The van der Waals surface area contributed by atoms with E-state index in [1.54, 1.807) is 0 Å². The van der Waals surface area contributed by atoms with Gasteiger partial charge in [-0.25, -0.2) is 0 Å². The van der Waals surface area contributed by atoms with E-state index in [1.165, 1.54) is 55.2 Å². The predicted molar refractivity (Wildman–Crippen MR) is 85.7 cm³/mol. The molecule has 0 saturated heterocycles. The molecule has 0 bridgehead atoms. The Balaban J connectivity index is 2.22. The van der Waals surface area contributed by atoms with Gasteiger partial charge >= 0.3 is 0 Å². The van der Waals surface area contributed by atoms with Crippen molar-refractivity contribution in [1.82, 2.24) is 5.32 Å². The van der Waals surface area contributed by atoms with E-state index in [4.69, 9.17) is 0 Å². The molecule has 0 saturated carbocycles. The molecule has 1 aromatic carbocycles. The van der Waals surface area contributed by atoms with Crippen LogP contribution in [0.25, 0.3) is 0 Å². The molecule has 0 aliphatic heterocycles. The molecule has 0 amide bonds. The molecule has 1 aromatic rings. The molecule has 108 valence electrons. The molecule has 0 aliphatic carbocycles. The average molecular weight is 261 g/mol. The van der Waals surface area contributed by atoms with E-state index >= 15 is 0 Å². The van der Waals surface area contributed by atoms with Crippen molar-refractivity contribution in [3.05, 3.63) is 34.9 Å². The third-order valence-corrected chi connectivity index (χ3v) is 3.72. The van der Waals surface area contributed by atoms with Gasteiger partial charge in [0.2, 0.25) is 0 Å². The normalized spacial score (nSPS) is 12.6. The van der Waals surface area contributed by atoms with Crippen molar-refractivity contribution in [3.8, 4) is 0 Å². The van der Waals surface area contributed by atoms with Crippen LogP contribution in [-0.4, -0.2) is 6.54 Å². The van der Waals surface area contributed by atoms with Gasteiger partial charge in [0.15, 0.2) is 0 Å². The van der Waals surface area contributed by atoms with E-state index < -0.39 is 0 Å². The highest BCUT2D eigenvalue weighted by Gasteiger charge is 2.05. The molecule has 1 nitrogen and oxygen atoms in total. The van der Waals surface area contributed by atoms with E-state index in [9.17, 15) is 0 Å². The number of aryl methyl sites for hydroxylation is 2. The van der Waals surface area contributed by atoms with Crippen molar-refractivity contribution in [3.63, 3.8) is 0 Å². The van der Waals surface area contributed by atoms with Crippen LogP contribution in [0.1, 0.15) is 75.1 Å². The van der Waals surface area contributed by atoms with Crippen LogP contribution < -0.4 is 5.32 Å². The van der Waals surface area contributed by atoms with Crippen LogP contribution in [0.4, 0.5) is 0 Å². The first-order valence-electron chi connectivity index (χ1n) is 7.95. The van der Waals surface area contributed by atoms with Crippen LogP contribution in [0.15, 0.2) is 18.2 Å². The van der Waals surface area contributed by atoms with E-state index in [0.717, 1.165) is 6.54 Å². The number of rotatable bonds is 9. The lowest BCUT2D eigenvalue weighted by molar-refractivity contribution is 0.527. The Morgan fingerprint density at radius 1 is 0.895 bits per heavy atom. The minimum atomic E-state index is 0.467. The first-order valence-corrected chi connectivity index (χ1v) is 7.95. The van der Waals surface area contributed by atoms with Crippen LogP contribution in [-0.2, 0) is 0 Å². The summed E-state index contributed by atoms with van der Waals surface area (Å²) in [6, 6.07) is 7.30. The van der Waals surface area contributed by atoms with E-state index in [2.05, 4.69) is 51.2 Å². The van der Waals surface area contributed by atoms with Crippen molar-refractivity contribution >= 4 is 0 Å². The summed E-state index contributed by atoms with van der Waals surface area (Å²) in [6.07, 6.45) is 8.20. The van der Waals surface area contributed by atoms with Gasteiger partial charge < -0.3 is 5.32 Å². The largest absolute Gasteiger partial charge is 0.310 e. The first kappa shape index (κ1) is 16.2. The summed E-state index contributed by atoms with van der Waals surface area (Å²) in [7, 11) is 0. The Hall–Kier alpha value is -0.820. The van der Waals surface area contributed by atoms with Crippen LogP contribution in [0, 0.1) is 13.8 Å². The number of hydrogen-bond donors (Lipinski definition) is 1. The highest BCUT2D eigenvalue weighted by atomic mass is 14.9. The van der Waals surface area contributed by atoms with E-state index in [-0.39, 0.29) is 0 Å². The Bertz CT molecular complexity index is 336. The summed E-state index contributed by atoms with van der Waals surface area (Å²) < 4.78 is 0. The summed E-state index contributed by atoms with van der Waals surface area (Å²) in [5.74, 6) is 0. The Labute approximate surface area is 119 Å². The van der Waals surface area contributed by atoms with Gasteiger partial charge in [0, 0.05) is 6.04 Å². The van der Waals surface area contributed by atoms with Gasteiger partial charge in [0.05, 0.1) is 0 Å². The maximum absolute atomic E-state index is 3.64. The van der Waals surface area contributed by atoms with Gasteiger partial charge in [-0.3, -0.25) is 0 Å². The van der Waals surface area contributed by atoms with Crippen molar-refractivity contribution in [2.45, 2.75) is 72.3 Å². The predicted octanol–water partition coefficient (Wildman–Crippen LogP) is 5.31. The Morgan fingerprint density at radius 3 is 2.11 bits per heavy atom. The van der Waals surface area contributed by atoms with Crippen LogP contribution in [0.5, 0.6) is 0 Å². The van der Waals surface area contributed by atoms with Gasteiger partial charge in [-0.15, -0.1) is 0 Å². The molecule has 1 N–H and O–H groups in total. The monoisotopic (exact) mass is 261 g/mol. The summed E-state index contributed by atoms with van der Waals surface area (Å²) in [5, 5.41) is 3.64. The second kappa shape index (κ2) is 9.14. The fraction of sp³-hybridized carbons (Fsp3) is 0.667. The highest BCUT2D eigenvalue weighted by molar-refractivity contribution is 5.30. The zero-order valence-electron chi connectivity index (χ0n) is 13.3. The number of benzene rings is 1. The number of nitrogens with one attached hydrogen (secondary N) is 1.